The molecule has 94 valence electrons. The van der Waals surface area contributed by atoms with Gasteiger partial charge in [0.05, 0.1) is 12.7 Å². The third kappa shape index (κ3) is 3.43. The van der Waals surface area contributed by atoms with E-state index in [2.05, 4.69) is 0 Å². The number of aromatic hydroxyl groups is 1. The monoisotopic (exact) mass is 238 g/mol. The number of aliphatic hydroxyl groups excluding tert-OH is 1. The number of benzene rings is 1. The molecule has 0 aliphatic carbocycles. The number of rotatable bonds is 5. The highest BCUT2D eigenvalue weighted by Crippen LogP contribution is 2.30. The van der Waals surface area contributed by atoms with Gasteiger partial charge in [-0.05, 0) is 31.4 Å². The third-order valence-electron chi connectivity index (χ3n) is 2.83. The van der Waals surface area contributed by atoms with Gasteiger partial charge in [0.2, 0.25) is 0 Å². The molecule has 2 unspecified atom stereocenters. The zero-order valence-electron chi connectivity index (χ0n) is 9.71. The van der Waals surface area contributed by atoms with Crippen molar-refractivity contribution in [2.24, 2.45) is 0 Å². The van der Waals surface area contributed by atoms with E-state index < -0.39 is 0 Å². The maximum absolute atomic E-state index is 9.37. The van der Waals surface area contributed by atoms with E-state index in [1.54, 1.807) is 18.2 Å². The Hall–Kier alpha value is -1.10. The quantitative estimate of drug-likeness (QED) is 0.770. The number of hydrogen-bond donors (Lipinski definition) is 2. The summed E-state index contributed by atoms with van der Waals surface area (Å²) in [7, 11) is 0. The molecule has 17 heavy (non-hydrogen) atoms. The Labute approximate surface area is 101 Å². The summed E-state index contributed by atoms with van der Waals surface area (Å²) >= 11 is 0. The molecule has 1 aromatic rings. The highest BCUT2D eigenvalue weighted by atomic mass is 16.7. The number of phenolic OH excluding ortho intramolecular Hbond substituents is 1. The van der Waals surface area contributed by atoms with Crippen molar-refractivity contribution < 1.29 is 19.7 Å². The SMILES string of the molecule is OCCCCC1COC(c2cccc(O)c2)O1. The van der Waals surface area contributed by atoms with E-state index in [1.165, 1.54) is 0 Å². The fourth-order valence-electron chi connectivity index (χ4n) is 1.93. The van der Waals surface area contributed by atoms with E-state index in [-0.39, 0.29) is 24.8 Å². The van der Waals surface area contributed by atoms with E-state index >= 15 is 0 Å². The minimum absolute atomic E-state index is 0.0916. The van der Waals surface area contributed by atoms with Crippen molar-refractivity contribution in [1.82, 2.24) is 0 Å². The van der Waals surface area contributed by atoms with Gasteiger partial charge in [-0.1, -0.05) is 12.1 Å². The lowest BCUT2D eigenvalue weighted by atomic mass is 10.2. The zero-order chi connectivity index (χ0) is 12.1. The molecule has 2 rings (SSSR count). The predicted octanol–water partition coefficient (Wildman–Crippen LogP) is 1.97. The molecule has 1 aromatic carbocycles. The van der Waals surface area contributed by atoms with Gasteiger partial charge in [0.1, 0.15) is 5.75 Å². The first-order chi connectivity index (χ1) is 8.29. The van der Waals surface area contributed by atoms with Gasteiger partial charge in [0, 0.05) is 12.2 Å². The number of unbranched alkanes of at least 4 members (excludes halogenated alkanes) is 1. The molecule has 4 nitrogen and oxygen atoms in total. The van der Waals surface area contributed by atoms with Gasteiger partial charge in [-0.25, -0.2) is 0 Å². The third-order valence-corrected chi connectivity index (χ3v) is 2.83. The Kier molecular flexibility index (Phi) is 4.36. The summed E-state index contributed by atoms with van der Waals surface area (Å²) in [5, 5.41) is 18.1. The van der Waals surface area contributed by atoms with Crippen LogP contribution in [0.4, 0.5) is 0 Å². The van der Waals surface area contributed by atoms with E-state index in [0.29, 0.717) is 6.61 Å². The summed E-state index contributed by atoms with van der Waals surface area (Å²) in [6, 6.07) is 6.93. The second-order valence-electron chi connectivity index (χ2n) is 4.24. The number of phenols is 1. The molecule has 0 bridgehead atoms. The molecule has 0 saturated carbocycles. The Morgan fingerprint density at radius 2 is 2.18 bits per heavy atom. The number of hydrogen-bond acceptors (Lipinski definition) is 4. The molecule has 1 heterocycles. The molecule has 1 aliphatic rings. The van der Waals surface area contributed by atoms with Crippen molar-refractivity contribution >= 4 is 0 Å². The molecular formula is C13H18O4. The number of aliphatic hydroxyl groups is 1. The van der Waals surface area contributed by atoms with Crippen LogP contribution in [-0.4, -0.2) is 29.5 Å². The molecule has 4 heteroatoms. The molecule has 2 atom stereocenters. The Morgan fingerprint density at radius 1 is 1.29 bits per heavy atom. The van der Waals surface area contributed by atoms with Crippen LogP contribution in [0, 0.1) is 0 Å². The van der Waals surface area contributed by atoms with Crippen LogP contribution in [-0.2, 0) is 9.47 Å². The maximum Gasteiger partial charge on any atom is 0.184 e. The van der Waals surface area contributed by atoms with Crippen LogP contribution in [0.1, 0.15) is 31.1 Å². The van der Waals surface area contributed by atoms with E-state index in [0.717, 1.165) is 24.8 Å². The van der Waals surface area contributed by atoms with Crippen LogP contribution in [0.15, 0.2) is 24.3 Å². The van der Waals surface area contributed by atoms with Crippen LogP contribution >= 0.6 is 0 Å². The highest BCUT2D eigenvalue weighted by Gasteiger charge is 2.26. The molecule has 0 radical (unpaired) electrons. The van der Waals surface area contributed by atoms with Crippen LogP contribution in [0.3, 0.4) is 0 Å². The maximum atomic E-state index is 9.37. The molecule has 1 fully saturated rings. The predicted molar refractivity (Wildman–Crippen MR) is 62.6 cm³/mol. The second-order valence-corrected chi connectivity index (χ2v) is 4.24. The standard InChI is InChI=1S/C13H18O4/c14-7-2-1-6-12-9-16-13(17-12)10-4-3-5-11(15)8-10/h3-5,8,12-15H,1-2,6-7,9H2. The number of ether oxygens (including phenoxy) is 2. The van der Waals surface area contributed by atoms with Crippen LogP contribution in [0.2, 0.25) is 0 Å². The minimum atomic E-state index is -0.374. The van der Waals surface area contributed by atoms with Gasteiger partial charge >= 0.3 is 0 Å². The lowest BCUT2D eigenvalue weighted by Gasteiger charge is -2.11. The smallest absolute Gasteiger partial charge is 0.184 e. The largest absolute Gasteiger partial charge is 0.508 e. The van der Waals surface area contributed by atoms with Crippen LogP contribution in [0.5, 0.6) is 5.75 Å². The summed E-state index contributed by atoms with van der Waals surface area (Å²) in [5.74, 6) is 0.221. The average molecular weight is 238 g/mol. The Balaban J connectivity index is 1.85. The summed E-state index contributed by atoms with van der Waals surface area (Å²) in [5.41, 5.74) is 0.842. The van der Waals surface area contributed by atoms with E-state index in [9.17, 15) is 5.11 Å². The molecule has 0 spiro atoms. The first kappa shape index (κ1) is 12.4. The normalized spacial score (nSPS) is 24.1. The van der Waals surface area contributed by atoms with Crippen LogP contribution < -0.4 is 0 Å². The average Bonchev–Trinajstić information content (AvgIpc) is 2.78. The van der Waals surface area contributed by atoms with Gasteiger partial charge in [-0.3, -0.25) is 0 Å². The first-order valence-electron chi connectivity index (χ1n) is 5.96. The van der Waals surface area contributed by atoms with Gasteiger partial charge in [0.15, 0.2) is 6.29 Å². The Bertz CT molecular complexity index is 353. The Morgan fingerprint density at radius 3 is 2.94 bits per heavy atom. The molecule has 2 N–H and O–H groups in total. The van der Waals surface area contributed by atoms with Crippen molar-refractivity contribution in [1.29, 1.82) is 0 Å². The summed E-state index contributed by atoms with van der Waals surface area (Å²) < 4.78 is 11.3. The van der Waals surface area contributed by atoms with Gasteiger partial charge in [-0.15, -0.1) is 0 Å². The topological polar surface area (TPSA) is 58.9 Å². The summed E-state index contributed by atoms with van der Waals surface area (Å²) in [6.07, 6.45) is 2.36. The lowest BCUT2D eigenvalue weighted by Crippen LogP contribution is -2.09. The van der Waals surface area contributed by atoms with Crippen molar-refractivity contribution in [3.63, 3.8) is 0 Å². The van der Waals surface area contributed by atoms with E-state index in [4.69, 9.17) is 14.6 Å². The van der Waals surface area contributed by atoms with E-state index in [1.807, 2.05) is 6.07 Å². The fourth-order valence-corrected chi connectivity index (χ4v) is 1.93. The van der Waals surface area contributed by atoms with Gasteiger partial charge in [-0.2, -0.15) is 0 Å². The fraction of sp³-hybridized carbons (Fsp3) is 0.538. The zero-order valence-corrected chi connectivity index (χ0v) is 9.71. The minimum Gasteiger partial charge on any atom is -0.508 e. The first-order valence-corrected chi connectivity index (χ1v) is 5.96. The molecule has 0 amide bonds. The van der Waals surface area contributed by atoms with Crippen molar-refractivity contribution in [3.8, 4) is 5.75 Å². The molecule has 1 saturated heterocycles. The van der Waals surface area contributed by atoms with Crippen molar-refractivity contribution in [2.75, 3.05) is 13.2 Å². The van der Waals surface area contributed by atoms with Crippen LogP contribution in [0.25, 0.3) is 0 Å². The summed E-state index contributed by atoms with van der Waals surface area (Å²) in [6.45, 7) is 0.801. The van der Waals surface area contributed by atoms with Gasteiger partial charge in [0.25, 0.3) is 0 Å². The highest BCUT2D eigenvalue weighted by molar-refractivity contribution is 5.28. The lowest BCUT2D eigenvalue weighted by molar-refractivity contribution is -0.0615. The van der Waals surface area contributed by atoms with Crippen molar-refractivity contribution in [3.05, 3.63) is 29.8 Å². The molecule has 1 aliphatic heterocycles. The molecular weight excluding hydrogens is 220 g/mol. The summed E-state index contributed by atoms with van der Waals surface area (Å²) in [4.78, 5) is 0. The van der Waals surface area contributed by atoms with Gasteiger partial charge < -0.3 is 19.7 Å². The second kappa shape index (κ2) is 6.00. The van der Waals surface area contributed by atoms with Crippen molar-refractivity contribution in [2.45, 2.75) is 31.7 Å². The molecule has 0 aromatic heterocycles.